The number of benzene rings is 1. The number of rotatable bonds is 3. The van der Waals surface area contributed by atoms with E-state index in [1.54, 1.807) is 4.90 Å². The van der Waals surface area contributed by atoms with Crippen LogP contribution in [0.4, 0.5) is 0 Å². The largest absolute Gasteiger partial charge is 0.488 e. The Labute approximate surface area is 124 Å². The Morgan fingerprint density at radius 1 is 1.10 bits per heavy atom. The summed E-state index contributed by atoms with van der Waals surface area (Å²) >= 11 is 0. The molecule has 1 aromatic rings. The molecule has 1 aromatic carbocycles. The summed E-state index contributed by atoms with van der Waals surface area (Å²) in [5, 5.41) is 18.0. The zero-order valence-corrected chi connectivity index (χ0v) is 12.5. The molecule has 2 N–H and O–H groups in total. The highest BCUT2D eigenvalue weighted by Crippen LogP contribution is 2.16. The maximum absolute atomic E-state index is 12.4. The fourth-order valence-corrected chi connectivity index (χ4v) is 3.63. The summed E-state index contributed by atoms with van der Waals surface area (Å²) in [6, 6.07) is 5.43. The van der Waals surface area contributed by atoms with Crippen LogP contribution in [-0.2, 0) is 14.8 Å². The van der Waals surface area contributed by atoms with Crippen molar-refractivity contribution in [3.05, 3.63) is 24.3 Å². The minimum Gasteiger partial charge on any atom is -0.423 e. The fourth-order valence-electron chi connectivity index (χ4n) is 2.20. The van der Waals surface area contributed by atoms with Gasteiger partial charge in [0.05, 0.1) is 4.90 Å². The molecule has 2 rings (SSSR count). The van der Waals surface area contributed by atoms with Crippen molar-refractivity contribution >= 4 is 28.5 Å². The first-order valence-electron chi connectivity index (χ1n) is 6.54. The van der Waals surface area contributed by atoms with E-state index >= 15 is 0 Å². The van der Waals surface area contributed by atoms with Crippen molar-refractivity contribution in [2.45, 2.75) is 11.8 Å². The van der Waals surface area contributed by atoms with E-state index < -0.39 is 17.1 Å². The summed E-state index contributed by atoms with van der Waals surface area (Å²) in [6.07, 6.45) is 0. The number of nitrogens with zero attached hydrogens (tertiary/aromatic N) is 2. The lowest BCUT2D eigenvalue weighted by molar-refractivity contribution is -0.129. The van der Waals surface area contributed by atoms with Crippen LogP contribution in [0.25, 0.3) is 0 Å². The Balaban J connectivity index is 2.13. The van der Waals surface area contributed by atoms with Gasteiger partial charge in [0, 0.05) is 33.1 Å². The number of hydrogen-bond acceptors (Lipinski definition) is 5. The second-order valence-electron chi connectivity index (χ2n) is 4.85. The molecule has 1 amide bonds. The second kappa shape index (κ2) is 6.14. The molecule has 1 heterocycles. The van der Waals surface area contributed by atoms with Crippen LogP contribution in [0.1, 0.15) is 6.92 Å². The van der Waals surface area contributed by atoms with E-state index in [9.17, 15) is 13.2 Å². The third kappa shape index (κ3) is 3.43. The normalized spacial score (nSPS) is 16.8. The molecule has 0 aliphatic carbocycles. The molecule has 0 unspecified atom stereocenters. The van der Waals surface area contributed by atoms with E-state index in [0.717, 1.165) is 0 Å². The summed E-state index contributed by atoms with van der Waals surface area (Å²) in [5.41, 5.74) is 0.232. The van der Waals surface area contributed by atoms with Crippen molar-refractivity contribution in [1.29, 1.82) is 0 Å². The summed E-state index contributed by atoms with van der Waals surface area (Å²) < 4.78 is 26.2. The van der Waals surface area contributed by atoms with Gasteiger partial charge in [-0.2, -0.15) is 4.31 Å². The molecule has 9 heteroatoms. The highest BCUT2D eigenvalue weighted by molar-refractivity contribution is 7.89. The molecular weight excluding hydrogens is 295 g/mol. The third-order valence-corrected chi connectivity index (χ3v) is 5.41. The van der Waals surface area contributed by atoms with Gasteiger partial charge in [-0.15, -0.1) is 0 Å². The SMILES string of the molecule is CC(=O)N1CCN(S(=O)(=O)c2ccc(B(O)O)cc2)CC1. The van der Waals surface area contributed by atoms with Crippen molar-refractivity contribution in [1.82, 2.24) is 9.21 Å². The van der Waals surface area contributed by atoms with Crippen molar-refractivity contribution in [3.63, 3.8) is 0 Å². The first-order chi connectivity index (χ1) is 9.82. The summed E-state index contributed by atoms with van der Waals surface area (Å²) in [6.45, 7) is 2.73. The van der Waals surface area contributed by atoms with Gasteiger partial charge in [-0.25, -0.2) is 8.42 Å². The van der Waals surface area contributed by atoms with Gasteiger partial charge in [-0.1, -0.05) is 12.1 Å². The van der Waals surface area contributed by atoms with E-state index in [1.165, 1.54) is 35.5 Å². The molecule has 1 saturated heterocycles. The van der Waals surface area contributed by atoms with Crippen LogP contribution in [0.2, 0.25) is 0 Å². The maximum atomic E-state index is 12.4. The van der Waals surface area contributed by atoms with Crippen molar-refractivity contribution in [2.75, 3.05) is 26.2 Å². The van der Waals surface area contributed by atoms with E-state index in [-0.39, 0.29) is 29.4 Å². The lowest BCUT2D eigenvalue weighted by Gasteiger charge is -2.33. The smallest absolute Gasteiger partial charge is 0.423 e. The van der Waals surface area contributed by atoms with Crippen molar-refractivity contribution in [3.8, 4) is 0 Å². The van der Waals surface area contributed by atoms with Gasteiger partial charge in [0.1, 0.15) is 0 Å². The van der Waals surface area contributed by atoms with E-state index in [0.29, 0.717) is 13.1 Å². The Morgan fingerprint density at radius 3 is 2.05 bits per heavy atom. The molecule has 0 aromatic heterocycles. The van der Waals surface area contributed by atoms with E-state index in [4.69, 9.17) is 10.0 Å². The second-order valence-corrected chi connectivity index (χ2v) is 6.79. The molecule has 0 bridgehead atoms. The van der Waals surface area contributed by atoms with Crippen molar-refractivity contribution < 1.29 is 23.3 Å². The Kier molecular flexibility index (Phi) is 4.67. The Morgan fingerprint density at radius 2 is 1.62 bits per heavy atom. The van der Waals surface area contributed by atoms with Crippen LogP contribution < -0.4 is 5.46 Å². The maximum Gasteiger partial charge on any atom is 0.488 e. The van der Waals surface area contributed by atoms with Gasteiger partial charge in [0.15, 0.2) is 0 Å². The highest BCUT2D eigenvalue weighted by atomic mass is 32.2. The predicted molar refractivity (Wildman–Crippen MR) is 77.3 cm³/mol. The van der Waals surface area contributed by atoms with E-state index in [1.807, 2.05) is 0 Å². The fraction of sp³-hybridized carbons (Fsp3) is 0.417. The summed E-state index contributed by atoms with van der Waals surface area (Å²) in [5.74, 6) is -0.0617. The molecule has 114 valence electrons. The molecule has 0 radical (unpaired) electrons. The first kappa shape index (κ1) is 16.0. The summed E-state index contributed by atoms with van der Waals surface area (Å²) in [7, 11) is -5.25. The first-order valence-corrected chi connectivity index (χ1v) is 7.98. The minimum absolute atomic E-state index is 0.0617. The van der Waals surface area contributed by atoms with Gasteiger partial charge in [0.2, 0.25) is 15.9 Å². The molecule has 0 spiro atoms. The number of sulfonamides is 1. The molecule has 1 fully saturated rings. The van der Waals surface area contributed by atoms with Gasteiger partial charge < -0.3 is 14.9 Å². The van der Waals surface area contributed by atoms with Crippen LogP contribution in [0.15, 0.2) is 29.2 Å². The number of carbonyl (C=O) groups excluding carboxylic acids is 1. The third-order valence-electron chi connectivity index (χ3n) is 3.50. The number of amides is 1. The molecule has 21 heavy (non-hydrogen) atoms. The Bertz CT molecular complexity index is 609. The molecule has 0 atom stereocenters. The monoisotopic (exact) mass is 312 g/mol. The van der Waals surface area contributed by atoms with Crippen LogP contribution >= 0.6 is 0 Å². The number of carbonyl (C=O) groups is 1. The Hall–Kier alpha value is -1.42. The lowest BCUT2D eigenvalue weighted by atomic mass is 9.81. The van der Waals surface area contributed by atoms with Crippen LogP contribution in [-0.4, -0.2) is 66.9 Å². The lowest BCUT2D eigenvalue weighted by Crippen LogP contribution is -2.49. The standard InChI is InChI=1S/C12H17BN2O5S/c1-10(16)14-6-8-15(9-7-14)21(19,20)12-4-2-11(3-5-12)13(17)18/h2-5,17-18H,6-9H2,1H3. The quantitative estimate of drug-likeness (QED) is 0.643. The minimum atomic E-state index is -3.62. The van der Waals surface area contributed by atoms with Crippen LogP contribution in [0.5, 0.6) is 0 Å². The predicted octanol–water partition coefficient (Wildman–Crippen LogP) is -1.78. The number of piperazine rings is 1. The molecular formula is C12H17BN2O5S. The van der Waals surface area contributed by atoms with Gasteiger partial charge in [-0.3, -0.25) is 4.79 Å². The highest BCUT2D eigenvalue weighted by Gasteiger charge is 2.29. The van der Waals surface area contributed by atoms with Crippen LogP contribution in [0.3, 0.4) is 0 Å². The van der Waals surface area contributed by atoms with Gasteiger partial charge >= 0.3 is 7.12 Å². The topological polar surface area (TPSA) is 98.2 Å². The zero-order chi connectivity index (χ0) is 15.6. The van der Waals surface area contributed by atoms with E-state index in [2.05, 4.69) is 0 Å². The molecule has 0 saturated carbocycles. The van der Waals surface area contributed by atoms with Crippen LogP contribution in [0, 0.1) is 0 Å². The van der Waals surface area contributed by atoms with Gasteiger partial charge in [0.25, 0.3) is 0 Å². The average Bonchev–Trinajstić information content (AvgIpc) is 2.47. The zero-order valence-electron chi connectivity index (χ0n) is 11.6. The number of hydrogen-bond donors (Lipinski definition) is 2. The average molecular weight is 312 g/mol. The molecule has 7 nitrogen and oxygen atoms in total. The molecule has 1 aliphatic rings. The van der Waals surface area contributed by atoms with Gasteiger partial charge in [-0.05, 0) is 17.6 Å². The van der Waals surface area contributed by atoms with Crippen molar-refractivity contribution in [2.24, 2.45) is 0 Å². The molecule has 1 aliphatic heterocycles. The summed E-state index contributed by atoms with van der Waals surface area (Å²) in [4.78, 5) is 12.9.